The van der Waals surface area contributed by atoms with Gasteiger partial charge in [-0.05, 0) is 51.0 Å². The van der Waals surface area contributed by atoms with E-state index < -0.39 is 6.04 Å². The zero-order valence-electron chi connectivity index (χ0n) is 14.9. The number of hydrogen-bond donors (Lipinski definition) is 2. The van der Waals surface area contributed by atoms with Crippen molar-refractivity contribution < 1.29 is 9.59 Å². The Kier molecular flexibility index (Phi) is 5.82. The number of hydrazine groups is 1. The molecule has 1 aliphatic heterocycles. The second-order valence-electron chi connectivity index (χ2n) is 6.37. The van der Waals surface area contributed by atoms with Gasteiger partial charge in [-0.25, -0.2) is 9.97 Å². The topological polar surface area (TPSA) is 87.2 Å². The molecule has 2 amide bonds. The van der Waals surface area contributed by atoms with Crippen molar-refractivity contribution in [1.29, 1.82) is 0 Å². The van der Waals surface area contributed by atoms with E-state index in [1.807, 2.05) is 19.9 Å². The van der Waals surface area contributed by atoms with Crippen LogP contribution in [0.4, 0.5) is 5.95 Å². The number of nitrogens with one attached hydrogen (secondary N) is 2. The van der Waals surface area contributed by atoms with E-state index in [-0.39, 0.29) is 17.4 Å². The molecule has 27 heavy (non-hydrogen) atoms. The molecule has 0 spiro atoms. The van der Waals surface area contributed by atoms with Crippen molar-refractivity contribution >= 4 is 41.0 Å². The van der Waals surface area contributed by atoms with Gasteiger partial charge in [-0.2, -0.15) is 0 Å². The van der Waals surface area contributed by atoms with Crippen molar-refractivity contribution in [1.82, 2.24) is 20.3 Å². The maximum atomic E-state index is 12.9. The Labute approximate surface area is 167 Å². The summed E-state index contributed by atoms with van der Waals surface area (Å²) in [5.41, 5.74) is 7.16. The van der Waals surface area contributed by atoms with Gasteiger partial charge in [-0.15, -0.1) is 0 Å². The van der Waals surface area contributed by atoms with E-state index >= 15 is 0 Å². The number of halogens is 2. The van der Waals surface area contributed by atoms with Crippen molar-refractivity contribution in [3.63, 3.8) is 0 Å². The van der Waals surface area contributed by atoms with E-state index in [1.165, 1.54) is 11.0 Å². The van der Waals surface area contributed by atoms with Gasteiger partial charge in [0, 0.05) is 23.0 Å². The number of aryl methyl sites for hydroxylation is 2. The monoisotopic (exact) mass is 407 g/mol. The third-order valence-corrected chi connectivity index (χ3v) is 4.82. The molecule has 9 heteroatoms. The molecule has 1 atom stereocenters. The highest BCUT2D eigenvalue weighted by Crippen LogP contribution is 2.26. The van der Waals surface area contributed by atoms with E-state index in [0.29, 0.717) is 29.0 Å². The lowest BCUT2D eigenvalue weighted by atomic mass is 10.1. The van der Waals surface area contributed by atoms with Crippen molar-refractivity contribution in [3.05, 3.63) is 51.3 Å². The van der Waals surface area contributed by atoms with Crippen LogP contribution in [0.25, 0.3) is 0 Å². The van der Waals surface area contributed by atoms with E-state index in [1.54, 1.807) is 12.1 Å². The second kappa shape index (κ2) is 8.10. The van der Waals surface area contributed by atoms with E-state index in [2.05, 4.69) is 20.8 Å². The first-order chi connectivity index (χ1) is 12.8. The number of hydrogen-bond acceptors (Lipinski definition) is 5. The van der Waals surface area contributed by atoms with Gasteiger partial charge in [-0.3, -0.25) is 20.4 Å². The van der Waals surface area contributed by atoms with E-state index in [4.69, 9.17) is 23.2 Å². The number of amides is 2. The molecule has 0 saturated carbocycles. The van der Waals surface area contributed by atoms with E-state index in [9.17, 15) is 9.59 Å². The summed E-state index contributed by atoms with van der Waals surface area (Å²) in [4.78, 5) is 35.4. The summed E-state index contributed by atoms with van der Waals surface area (Å²) in [5, 5.41) is 0.716. The fraction of sp³-hybridized carbons (Fsp3) is 0.333. The summed E-state index contributed by atoms with van der Waals surface area (Å²) in [6.45, 7) is 4.15. The summed E-state index contributed by atoms with van der Waals surface area (Å²) in [7, 11) is 0. The SMILES string of the molecule is Cc1cc(C)nc(NNC(=O)[C@@H]2CCCN2C(=O)c2cc(Cl)ccc2Cl)n1. The molecular formula is C18H19Cl2N5O2. The van der Waals surface area contributed by atoms with Gasteiger partial charge in [0.1, 0.15) is 6.04 Å². The minimum absolute atomic E-state index is 0.287. The molecule has 1 aliphatic rings. The molecule has 1 aromatic carbocycles. The fourth-order valence-electron chi connectivity index (χ4n) is 3.08. The number of carbonyl (C=O) groups excluding carboxylic acids is 2. The van der Waals surface area contributed by atoms with Gasteiger partial charge < -0.3 is 4.90 Å². The first-order valence-corrected chi connectivity index (χ1v) is 9.25. The summed E-state index contributed by atoms with van der Waals surface area (Å²) < 4.78 is 0. The van der Waals surface area contributed by atoms with Crippen LogP contribution in [0.2, 0.25) is 10.0 Å². The normalized spacial score (nSPS) is 16.3. The summed E-state index contributed by atoms with van der Waals surface area (Å²) in [5.74, 6) is -0.348. The lowest BCUT2D eigenvalue weighted by molar-refractivity contribution is -0.124. The van der Waals surface area contributed by atoms with Crippen LogP contribution in [0, 0.1) is 13.8 Å². The molecular weight excluding hydrogens is 389 g/mol. The van der Waals surface area contributed by atoms with Crippen molar-refractivity contribution in [2.24, 2.45) is 0 Å². The first-order valence-electron chi connectivity index (χ1n) is 8.49. The Morgan fingerprint density at radius 1 is 1.15 bits per heavy atom. The Bertz CT molecular complexity index is 870. The Morgan fingerprint density at radius 3 is 2.56 bits per heavy atom. The number of likely N-dealkylation sites (tertiary alicyclic amines) is 1. The first kappa shape index (κ1) is 19.4. The number of anilines is 1. The predicted octanol–water partition coefficient (Wildman–Crippen LogP) is 3.15. The van der Waals surface area contributed by atoms with Gasteiger partial charge in [0.25, 0.3) is 11.8 Å². The van der Waals surface area contributed by atoms with Gasteiger partial charge in [0.05, 0.1) is 10.6 Å². The third kappa shape index (κ3) is 4.48. The van der Waals surface area contributed by atoms with Gasteiger partial charge in [-0.1, -0.05) is 23.2 Å². The van der Waals surface area contributed by atoms with E-state index in [0.717, 1.165) is 17.8 Å². The summed E-state index contributed by atoms with van der Waals surface area (Å²) in [6.07, 6.45) is 1.28. The molecule has 142 valence electrons. The van der Waals surface area contributed by atoms with Crippen LogP contribution in [0.3, 0.4) is 0 Å². The zero-order valence-corrected chi connectivity index (χ0v) is 16.4. The van der Waals surface area contributed by atoms with Crippen molar-refractivity contribution in [2.75, 3.05) is 12.0 Å². The quantitative estimate of drug-likeness (QED) is 0.759. The fourth-order valence-corrected chi connectivity index (χ4v) is 3.45. The molecule has 2 heterocycles. The van der Waals surface area contributed by atoms with Gasteiger partial charge in [0.15, 0.2) is 0 Å². The predicted molar refractivity (Wildman–Crippen MR) is 104 cm³/mol. The molecule has 0 radical (unpaired) electrons. The van der Waals surface area contributed by atoms with Crippen LogP contribution in [0.5, 0.6) is 0 Å². The highest BCUT2D eigenvalue weighted by molar-refractivity contribution is 6.35. The average Bonchev–Trinajstić information content (AvgIpc) is 3.10. The summed E-state index contributed by atoms with van der Waals surface area (Å²) >= 11 is 12.1. The molecule has 1 fully saturated rings. The van der Waals surface area contributed by atoms with Gasteiger partial charge >= 0.3 is 0 Å². The summed E-state index contributed by atoms with van der Waals surface area (Å²) in [6, 6.07) is 5.93. The highest BCUT2D eigenvalue weighted by atomic mass is 35.5. The number of nitrogens with zero attached hydrogens (tertiary/aromatic N) is 3. The maximum Gasteiger partial charge on any atom is 0.261 e. The van der Waals surface area contributed by atoms with Crippen LogP contribution in [0.1, 0.15) is 34.6 Å². The molecule has 2 N–H and O–H groups in total. The van der Waals surface area contributed by atoms with Crippen molar-refractivity contribution in [2.45, 2.75) is 32.7 Å². The molecule has 0 bridgehead atoms. The van der Waals surface area contributed by atoms with Crippen LogP contribution in [-0.2, 0) is 4.79 Å². The molecule has 0 aliphatic carbocycles. The largest absolute Gasteiger partial charge is 0.327 e. The second-order valence-corrected chi connectivity index (χ2v) is 7.21. The molecule has 2 aromatic rings. The van der Waals surface area contributed by atoms with Crippen LogP contribution >= 0.6 is 23.2 Å². The number of carbonyl (C=O) groups is 2. The van der Waals surface area contributed by atoms with Crippen molar-refractivity contribution in [3.8, 4) is 0 Å². The molecule has 3 rings (SSSR count). The molecule has 7 nitrogen and oxygen atoms in total. The molecule has 1 aromatic heterocycles. The number of rotatable bonds is 4. The Hall–Kier alpha value is -2.38. The standard InChI is InChI=1S/C18H19Cl2N5O2/c1-10-8-11(2)22-18(21-10)24-23-16(26)15-4-3-7-25(15)17(27)13-9-12(19)5-6-14(13)20/h5-6,8-9,15H,3-4,7H2,1-2H3,(H,23,26)(H,21,22,24)/t15-/m0/s1. The lowest BCUT2D eigenvalue weighted by Gasteiger charge is -2.24. The van der Waals surface area contributed by atoms with Gasteiger partial charge in [0.2, 0.25) is 5.95 Å². The molecule has 1 saturated heterocycles. The van der Waals surface area contributed by atoms with Crippen LogP contribution < -0.4 is 10.9 Å². The third-order valence-electron chi connectivity index (χ3n) is 4.25. The maximum absolute atomic E-state index is 12.9. The highest BCUT2D eigenvalue weighted by Gasteiger charge is 2.35. The zero-order chi connectivity index (χ0) is 19.6. The minimum Gasteiger partial charge on any atom is -0.327 e. The Morgan fingerprint density at radius 2 is 1.85 bits per heavy atom. The molecule has 0 unspecified atom stereocenters. The number of aromatic nitrogens is 2. The minimum atomic E-state index is -0.606. The van der Waals surface area contributed by atoms with Crippen LogP contribution in [0.15, 0.2) is 24.3 Å². The average molecular weight is 408 g/mol. The smallest absolute Gasteiger partial charge is 0.261 e. The van der Waals surface area contributed by atoms with Crippen LogP contribution in [-0.4, -0.2) is 39.3 Å². The lowest BCUT2D eigenvalue weighted by Crippen LogP contribution is -2.47. The Balaban J connectivity index is 1.70. The number of benzene rings is 1.